The van der Waals surface area contributed by atoms with Crippen molar-refractivity contribution >= 4 is 17.3 Å². The summed E-state index contributed by atoms with van der Waals surface area (Å²) < 4.78 is 5.76. The molecule has 0 heterocycles. The second kappa shape index (κ2) is 7.17. The van der Waals surface area contributed by atoms with Crippen LogP contribution in [0.4, 0.5) is 5.69 Å². The highest BCUT2D eigenvalue weighted by Gasteiger charge is 2.21. The Hall–Kier alpha value is -1.51. The smallest absolute Gasteiger partial charge is 0.0717 e. The van der Waals surface area contributed by atoms with Crippen LogP contribution in [0, 0.1) is 5.92 Å². The lowest BCUT2D eigenvalue weighted by molar-refractivity contribution is 0.111. The Bertz CT molecular complexity index is 607. The summed E-state index contributed by atoms with van der Waals surface area (Å²) in [7, 11) is 0. The van der Waals surface area contributed by atoms with E-state index in [2.05, 4.69) is 48.6 Å². The first-order valence-electron chi connectivity index (χ1n) is 7.89. The van der Waals surface area contributed by atoms with Crippen molar-refractivity contribution in [3.63, 3.8) is 0 Å². The zero-order valence-electron chi connectivity index (χ0n) is 12.9. The zero-order valence-corrected chi connectivity index (χ0v) is 13.6. The first-order chi connectivity index (χ1) is 10.7. The van der Waals surface area contributed by atoms with E-state index in [1.165, 1.54) is 24.0 Å². The molecule has 1 saturated carbocycles. The summed E-state index contributed by atoms with van der Waals surface area (Å²) in [5.41, 5.74) is 3.56. The van der Waals surface area contributed by atoms with Crippen LogP contribution >= 0.6 is 11.6 Å². The largest absolute Gasteiger partial charge is 0.379 e. The molecule has 0 radical (unpaired) electrons. The summed E-state index contributed by atoms with van der Waals surface area (Å²) in [4.78, 5) is 0. The standard InChI is InChI=1S/C19H22ClNO/c1-14(17-7-9-18(20)10-8-17)21-19-4-2-3-16(11-19)13-22-12-15-5-6-15/h2-4,7-11,14-15,21H,5-6,12-13H2,1H3. The molecule has 3 rings (SSSR count). The van der Waals surface area contributed by atoms with E-state index in [0.717, 1.165) is 23.2 Å². The molecule has 116 valence electrons. The van der Waals surface area contributed by atoms with Crippen LogP contribution in [0.25, 0.3) is 0 Å². The van der Waals surface area contributed by atoms with Crippen molar-refractivity contribution in [3.8, 4) is 0 Å². The predicted molar refractivity (Wildman–Crippen MR) is 92.3 cm³/mol. The Labute approximate surface area is 137 Å². The molecule has 0 spiro atoms. The van der Waals surface area contributed by atoms with Crippen LogP contribution in [-0.4, -0.2) is 6.61 Å². The molecule has 1 aliphatic carbocycles. The van der Waals surface area contributed by atoms with E-state index in [0.29, 0.717) is 6.61 Å². The molecule has 0 amide bonds. The van der Waals surface area contributed by atoms with Crippen molar-refractivity contribution in [2.24, 2.45) is 5.92 Å². The summed E-state index contributed by atoms with van der Waals surface area (Å²) in [6.45, 7) is 3.75. The van der Waals surface area contributed by atoms with Gasteiger partial charge in [0.15, 0.2) is 0 Å². The summed E-state index contributed by atoms with van der Waals surface area (Å²) in [5, 5.41) is 4.30. The maximum absolute atomic E-state index is 5.94. The van der Waals surface area contributed by atoms with Gasteiger partial charge in [-0.2, -0.15) is 0 Å². The van der Waals surface area contributed by atoms with Crippen molar-refractivity contribution in [1.29, 1.82) is 0 Å². The summed E-state index contributed by atoms with van der Waals surface area (Å²) in [6, 6.07) is 16.7. The fraction of sp³-hybridized carbons (Fsp3) is 0.368. The quantitative estimate of drug-likeness (QED) is 0.734. The van der Waals surface area contributed by atoms with Crippen molar-refractivity contribution in [2.75, 3.05) is 11.9 Å². The molecule has 1 atom stereocenters. The first kappa shape index (κ1) is 15.4. The molecule has 1 aliphatic rings. The van der Waals surface area contributed by atoms with E-state index in [-0.39, 0.29) is 6.04 Å². The summed E-state index contributed by atoms with van der Waals surface area (Å²) >= 11 is 5.94. The van der Waals surface area contributed by atoms with E-state index in [9.17, 15) is 0 Å². The molecule has 1 unspecified atom stereocenters. The second-order valence-electron chi connectivity index (χ2n) is 6.08. The Morgan fingerprint density at radius 2 is 1.95 bits per heavy atom. The van der Waals surface area contributed by atoms with Crippen LogP contribution in [0.1, 0.15) is 36.9 Å². The number of hydrogen-bond acceptors (Lipinski definition) is 2. The van der Waals surface area contributed by atoms with Crippen LogP contribution in [0.3, 0.4) is 0 Å². The van der Waals surface area contributed by atoms with Crippen LogP contribution < -0.4 is 5.32 Å². The molecule has 1 N–H and O–H groups in total. The Morgan fingerprint density at radius 3 is 2.68 bits per heavy atom. The number of ether oxygens (including phenoxy) is 1. The number of rotatable bonds is 7. The SMILES string of the molecule is CC(Nc1cccc(COCC2CC2)c1)c1ccc(Cl)cc1. The minimum absolute atomic E-state index is 0.236. The van der Waals surface area contributed by atoms with E-state index in [1.807, 2.05) is 12.1 Å². The highest BCUT2D eigenvalue weighted by atomic mass is 35.5. The van der Waals surface area contributed by atoms with Gasteiger partial charge in [-0.05, 0) is 61.1 Å². The lowest BCUT2D eigenvalue weighted by atomic mass is 10.1. The van der Waals surface area contributed by atoms with Gasteiger partial charge < -0.3 is 10.1 Å². The van der Waals surface area contributed by atoms with Crippen LogP contribution in [0.2, 0.25) is 5.02 Å². The van der Waals surface area contributed by atoms with Crippen molar-refractivity contribution in [2.45, 2.75) is 32.4 Å². The molecular weight excluding hydrogens is 294 g/mol. The molecule has 0 aliphatic heterocycles. The third-order valence-electron chi connectivity index (χ3n) is 4.00. The van der Waals surface area contributed by atoms with E-state index < -0.39 is 0 Å². The van der Waals surface area contributed by atoms with Gasteiger partial charge in [-0.25, -0.2) is 0 Å². The maximum Gasteiger partial charge on any atom is 0.0717 e. The van der Waals surface area contributed by atoms with Crippen molar-refractivity contribution in [3.05, 3.63) is 64.7 Å². The Kier molecular flexibility index (Phi) is 5.01. The van der Waals surface area contributed by atoms with E-state index >= 15 is 0 Å². The normalized spacial score (nSPS) is 15.5. The van der Waals surface area contributed by atoms with Crippen LogP contribution in [-0.2, 0) is 11.3 Å². The third kappa shape index (κ3) is 4.49. The number of benzene rings is 2. The highest BCUT2D eigenvalue weighted by Crippen LogP contribution is 2.29. The number of hydrogen-bond donors (Lipinski definition) is 1. The number of halogens is 1. The van der Waals surface area contributed by atoms with E-state index in [4.69, 9.17) is 16.3 Å². The molecule has 2 aromatic rings. The Morgan fingerprint density at radius 1 is 1.18 bits per heavy atom. The molecule has 0 bridgehead atoms. The minimum atomic E-state index is 0.236. The maximum atomic E-state index is 5.94. The lowest BCUT2D eigenvalue weighted by Crippen LogP contribution is -2.07. The molecule has 2 nitrogen and oxygen atoms in total. The van der Waals surface area contributed by atoms with Gasteiger partial charge in [-0.3, -0.25) is 0 Å². The monoisotopic (exact) mass is 315 g/mol. The molecular formula is C19H22ClNO. The van der Waals surface area contributed by atoms with Gasteiger partial charge in [0.2, 0.25) is 0 Å². The molecule has 22 heavy (non-hydrogen) atoms. The van der Waals surface area contributed by atoms with Crippen LogP contribution in [0.5, 0.6) is 0 Å². The number of anilines is 1. The predicted octanol–water partition coefficient (Wildman–Crippen LogP) is 5.44. The van der Waals surface area contributed by atoms with E-state index in [1.54, 1.807) is 0 Å². The number of nitrogens with one attached hydrogen (secondary N) is 1. The first-order valence-corrected chi connectivity index (χ1v) is 8.27. The average molecular weight is 316 g/mol. The van der Waals surface area contributed by atoms with Gasteiger partial charge in [0.25, 0.3) is 0 Å². The summed E-state index contributed by atoms with van der Waals surface area (Å²) in [5.74, 6) is 0.811. The molecule has 3 heteroatoms. The highest BCUT2D eigenvalue weighted by molar-refractivity contribution is 6.30. The fourth-order valence-electron chi connectivity index (χ4n) is 2.46. The van der Waals surface area contributed by atoms with Gasteiger partial charge in [0.1, 0.15) is 0 Å². The van der Waals surface area contributed by atoms with Crippen LogP contribution in [0.15, 0.2) is 48.5 Å². The topological polar surface area (TPSA) is 21.3 Å². The van der Waals surface area contributed by atoms with Gasteiger partial charge in [-0.15, -0.1) is 0 Å². The average Bonchev–Trinajstić information content (AvgIpc) is 3.32. The van der Waals surface area contributed by atoms with Gasteiger partial charge in [0, 0.05) is 23.4 Å². The van der Waals surface area contributed by atoms with Gasteiger partial charge in [0.05, 0.1) is 6.61 Å². The van der Waals surface area contributed by atoms with Crippen molar-refractivity contribution in [1.82, 2.24) is 0 Å². The molecule has 2 aromatic carbocycles. The molecule has 0 saturated heterocycles. The van der Waals surface area contributed by atoms with Gasteiger partial charge >= 0.3 is 0 Å². The lowest BCUT2D eigenvalue weighted by Gasteiger charge is -2.16. The van der Waals surface area contributed by atoms with Crippen molar-refractivity contribution < 1.29 is 4.74 Å². The molecule has 0 aromatic heterocycles. The fourth-order valence-corrected chi connectivity index (χ4v) is 2.59. The Balaban J connectivity index is 1.57. The minimum Gasteiger partial charge on any atom is -0.379 e. The molecule has 1 fully saturated rings. The van der Waals surface area contributed by atoms with Gasteiger partial charge in [-0.1, -0.05) is 35.9 Å². The summed E-state index contributed by atoms with van der Waals surface area (Å²) in [6.07, 6.45) is 2.67. The second-order valence-corrected chi connectivity index (χ2v) is 6.51. The third-order valence-corrected chi connectivity index (χ3v) is 4.25. The zero-order chi connectivity index (χ0) is 15.4.